The van der Waals surface area contributed by atoms with Gasteiger partial charge in [-0.3, -0.25) is 0 Å². The van der Waals surface area contributed by atoms with Gasteiger partial charge < -0.3 is 5.48 Å². The number of rotatable bonds is 3. The fourth-order valence-electron chi connectivity index (χ4n) is 0.907. The van der Waals surface area contributed by atoms with Crippen molar-refractivity contribution < 1.29 is 13.9 Å². The highest BCUT2D eigenvalue weighted by Crippen LogP contribution is 2.14. The Labute approximate surface area is 87.8 Å². The van der Waals surface area contributed by atoms with Crippen molar-refractivity contribution in [2.24, 2.45) is 5.29 Å². The van der Waals surface area contributed by atoms with Crippen LogP contribution in [0, 0.1) is 11.8 Å². The van der Waals surface area contributed by atoms with Crippen LogP contribution in [0.1, 0.15) is 5.56 Å². The second-order valence-corrected chi connectivity index (χ2v) is 4.78. The molecule has 1 rings (SSSR count). The Morgan fingerprint density at radius 3 is 2.07 bits per heavy atom. The molecule has 2 N–H and O–H groups in total. The maximum Gasteiger partial charge on any atom is 0.281 e. The molecule has 1 aromatic rings. The second-order valence-electron chi connectivity index (χ2n) is 2.83. The normalized spacial score (nSPS) is 10.3. The summed E-state index contributed by atoms with van der Waals surface area (Å²) in [6.07, 6.45) is 0. The molecule has 0 atom stereocenters. The van der Waals surface area contributed by atoms with Crippen molar-refractivity contribution in [1.29, 1.82) is 0 Å². The van der Waals surface area contributed by atoms with Crippen molar-refractivity contribution in [3.63, 3.8) is 0 Å². The SMILES string of the molecule is Cc1ccc(S(=O)(=O)N(C)N=O)cc1.O. The van der Waals surface area contributed by atoms with Gasteiger partial charge in [-0.05, 0) is 19.1 Å². The van der Waals surface area contributed by atoms with E-state index in [4.69, 9.17) is 0 Å². The van der Waals surface area contributed by atoms with Gasteiger partial charge in [-0.2, -0.15) is 12.8 Å². The van der Waals surface area contributed by atoms with E-state index in [1.54, 1.807) is 12.1 Å². The first-order valence-corrected chi connectivity index (χ1v) is 5.31. The van der Waals surface area contributed by atoms with E-state index in [9.17, 15) is 13.3 Å². The molecule has 0 aliphatic rings. The summed E-state index contributed by atoms with van der Waals surface area (Å²) in [5, 5.41) is 2.35. The van der Waals surface area contributed by atoms with E-state index in [0.29, 0.717) is 4.41 Å². The Morgan fingerprint density at radius 1 is 1.20 bits per heavy atom. The van der Waals surface area contributed by atoms with Gasteiger partial charge >= 0.3 is 0 Å². The topological polar surface area (TPSA) is 98.3 Å². The van der Waals surface area contributed by atoms with Gasteiger partial charge in [0.1, 0.15) is 0 Å². The van der Waals surface area contributed by atoms with Crippen LogP contribution in [0.5, 0.6) is 0 Å². The molecule has 0 saturated carbocycles. The molecule has 0 amide bonds. The van der Waals surface area contributed by atoms with Gasteiger partial charge in [0.25, 0.3) is 10.0 Å². The number of nitrogens with zero attached hydrogens (tertiary/aromatic N) is 2. The van der Waals surface area contributed by atoms with Gasteiger partial charge in [0.15, 0.2) is 0 Å². The molecule has 0 heterocycles. The molecule has 6 nitrogen and oxygen atoms in total. The molecular weight excluding hydrogens is 220 g/mol. The van der Waals surface area contributed by atoms with Gasteiger partial charge in [0.05, 0.1) is 10.2 Å². The smallest absolute Gasteiger partial charge is 0.281 e. The third-order valence-electron chi connectivity index (χ3n) is 1.78. The van der Waals surface area contributed by atoms with E-state index in [0.717, 1.165) is 12.6 Å². The molecule has 15 heavy (non-hydrogen) atoms. The van der Waals surface area contributed by atoms with Crippen molar-refractivity contribution in [3.8, 4) is 0 Å². The summed E-state index contributed by atoms with van der Waals surface area (Å²) in [5.74, 6) is 0. The maximum absolute atomic E-state index is 11.5. The number of nitroso groups, excluding NO2 is 1. The van der Waals surface area contributed by atoms with Gasteiger partial charge in [0.2, 0.25) is 0 Å². The first-order chi connectivity index (χ1) is 6.48. The molecule has 0 aromatic heterocycles. The van der Waals surface area contributed by atoms with Crippen LogP contribution < -0.4 is 0 Å². The fraction of sp³-hybridized carbons (Fsp3) is 0.250. The van der Waals surface area contributed by atoms with Crippen molar-refractivity contribution in [1.82, 2.24) is 4.41 Å². The first-order valence-electron chi connectivity index (χ1n) is 3.87. The molecule has 84 valence electrons. The van der Waals surface area contributed by atoms with Gasteiger partial charge in [-0.25, -0.2) is 0 Å². The van der Waals surface area contributed by atoms with Gasteiger partial charge in [-0.1, -0.05) is 17.7 Å². The molecule has 0 bridgehead atoms. The number of hydrogen-bond acceptors (Lipinski definition) is 4. The highest BCUT2D eigenvalue weighted by atomic mass is 32.2. The van der Waals surface area contributed by atoms with Crippen LogP contribution in [0.2, 0.25) is 0 Å². The largest absolute Gasteiger partial charge is 0.412 e. The van der Waals surface area contributed by atoms with Crippen LogP contribution in [0.3, 0.4) is 0 Å². The summed E-state index contributed by atoms with van der Waals surface area (Å²) in [7, 11) is -2.65. The zero-order valence-corrected chi connectivity index (χ0v) is 9.15. The van der Waals surface area contributed by atoms with Crippen LogP contribution in [-0.2, 0) is 10.0 Å². The van der Waals surface area contributed by atoms with E-state index >= 15 is 0 Å². The third kappa shape index (κ3) is 2.74. The minimum atomic E-state index is -3.75. The quantitative estimate of drug-likeness (QED) is 0.559. The van der Waals surface area contributed by atoms with E-state index in [1.165, 1.54) is 12.1 Å². The van der Waals surface area contributed by atoms with E-state index < -0.39 is 10.0 Å². The van der Waals surface area contributed by atoms with Crippen LogP contribution >= 0.6 is 0 Å². The maximum atomic E-state index is 11.5. The number of sulfonamides is 1. The van der Waals surface area contributed by atoms with E-state index in [1.807, 2.05) is 6.92 Å². The summed E-state index contributed by atoms with van der Waals surface area (Å²) in [6.45, 7) is 1.85. The van der Waals surface area contributed by atoms with Gasteiger partial charge in [-0.15, -0.1) is 4.91 Å². The summed E-state index contributed by atoms with van der Waals surface area (Å²) < 4.78 is 23.4. The van der Waals surface area contributed by atoms with E-state index in [-0.39, 0.29) is 10.4 Å². The molecule has 7 heteroatoms. The Bertz CT molecular complexity index is 426. The minimum absolute atomic E-state index is 0. The number of hydrogen-bond donors (Lipinski definition) is 0. The highest BCUT2D eigenvalue weighted by molar-refractivity contribution is 7.89. The standard InChI is InChI=1S/C8H10N2O3S.H2O/c1-7-3-5-8(6-4-7)14(12,13)10(2)9-11;/h3-6H,1-2H3;1H2. The average Bonchev–Trinajstić information content (AvgIpc) is 2.17. The molecule has 0 spiro atoms. The lowest BCUT2D eigenvalue weighted by Gasteiger charge is -2.09. The van der Waals surface area contributed by atoms with Crippen molar-refractivity contribution in [2.45, 2.75) is 11.8 Å². The summed E-state index contributed by atoms with van der Waals surface area (Å²) in [6, 6.07) is 6.19. The lowest BCUT2D eigenvalue weighted by Crippen LogP contribution is -2.20. The monoisotopic (exact) mass is 232 g/mol. The van der Waals surface area contributed by atoms with Crippen molar-refractivity contribution in [3.05, 3.63) is 34.7 Å². The Hall–Kier alpha value is -1.47. The Morgan fingerprint density at radius 2 is 1.67 bits per heavy atom. The molecule has 0 aliphatic carbocycles. The van der Waals surface area contributed by atoms with Gasteiger partial charge in [0, 0.05) is 7.05 Å². The van der Waals surface area contributed by atoms with Crippen molar-refractivity contribution >= 4 is 10.0 Å². The summed E-state index contributed by atoms with van der Waals surface area (Å²) in [5.41, 5.74) is 0.950. The lowest BCUT2D eigenvalue weighted by molar-refractivity contribution is 0.486. The summed E-state index contributed by atoms with van der Waals surface area (Å²) in [4.78, 5) is 10.1. The van der Waals surface area contributed by atoms with Crippen molar-refractivity contribution in [2.75, 3.05) is 7.05 Å². The zero-order valence-electron chi connectivity index (χ0n) is 8.34. The molecule has 0 fully saturated rings. The summed E-state index contributed by atoms with van der Waals surface area (Å²) >= 11 is 0. The molecule has 0 aliphatic heterocycles. The van der Waals surface area contributed by atoms with Crippen LogP contribution in [0.25, 0.3) is 0 Å². The molecule has 1 aromatic carbocycles. The minimum Gasteiger partial charge on any atom is -0.412 e. The molecular formula is C8H12N2O4S. The second kappa shape index (κ2) is 4.85. The van der Waals surface area contributed by atoms with Crippen LogP contribution in [-0.4, -0.2) is 25.4 Å². The Balaban J connectivity index is 0.00000196. The fourth-order valence-corrected chi connectivity index (χ4v) is 1.78. The molecule has 0 saturated heterocycles. The average molecular weight is 232 g/mol. The first kappa shape index (κ1) is 13.5. The number of aryl methyl sites for hydroxylation is 1. The predicted octanol–water partition coefficient (Wildman–Crippen LogP) is 0.472. The third-order valence-corrected chi connectivity index (χ3v) is 3.41. The highest BCUT2D eigenvalue weighted by Gasteiger charge is 2.19. The van der Waals surface area contributed by atoms with Crippen LogP contribution in [0.4, 0.5) is 0 Å². The lowest BCUT2D eigenvalue weighted by atomic mass is 10.2. The molecule has 0 unspecified atom stereocenters. The van der Waals surface area contributed by atoms with E-state index in [2.05, 4.69) is 5.29 Å². The molecule has 0 radical (unpaired) electrons. The zero-order chi connectivity index (χ0) is 10.8. The number of benzene rings is 1. The Kier molecular flexibility index (Phi) is 4.38. The van der Waals surface area contributed by atoms with Crippen LogP contribution in [0.15, 0.2) is 34.4 Å². The predicted molar refractivity (Wildman–Crippen MR) is 55.5 cm³/mol.